The number of benzene rings is 1. The highest BCUT2D eigenvalue weighted by Crippen LogP contribution is 2.19. The van der Waals surface area contributed by atoms with Crippen LogP contribution in [0.15, 0.2) is 23.1 Å². The molecule has 0 radical (unpaired) electrons. The van der Waals surface area contributed by atoms with Crippen LogP contribution in [0.2, 0.25) is 0 Å². The summed E-state index contributed by atoms with van der Waals surface area (Å²) in [5.74, 6) is -2.30. The highest BCUT2D eigenvalue weighted by atomic mass is 32.2. The molecule has 0 aliphatic rings. The Morgan fingerprint density at radius 2 is 2.00 bits per heavy atom. The van der Waals surface area contributed by atoms with E-state index < -0.39 is 26.4 Å². The largest absolute Gasteiger partial charge is 0.330 e. The molecule has 0 saturated heterocycles. The molecule has 6 heteroatoms. The summed E-state index contributed by atoms with van der Waals surface area (Å²) in [5, 5.41) is 0. The van der Waals surface area contributed by atoms with Crippen LogP contribution < -0.4 is 5.73 Å². The van der Waals surface area contributed by atoms with Gasteiger partial charge in [0.1, 0.15) is 16.5 Å². The number of hydrogen-bond acceptors (Lipinski definition) is 3. The van der Waals surface area contributed by atoms with Crippen LogP contribution in [0, 0.1) is 17.6 Å². The van der Waals surface area contributed by atoms with Crippen molar-refractivity contribution in [1.82, 2.24) is 0 Å². The fraction of sp³-hybridized carbons (Fsp3) is 0.400. The van der Waals surface area contributed by atoms with Crippen LogP contribution in [0.5, 0.6) is 0 Å². The Morgan fingerprint density at radius 1 is 1.38 bits per heavy atom. The third kappa shape index (κ3) is 2.99. The fourth-order valence-electron chi connectivity index (χ4n) is 1.25. The van der Waals surface area contributed by atoms with Gasteiger partial charge in [-0.2, -0.15) is 0 Å². The molecule has 1 unspecified atom stereocenters. The van der Waals surface area contributed by atoms with E-state index in [1.54, 1.807) is 6.92 Å². The molecule has 2 N–H and O–H groups in total. The fourth-order valence-corrected chi connectivity index (χ4v) is 2.97. The Kier molecular flexibility index (Phi) is 3.98. The topological polar surface area (TPSA) is 60.2 Å². The number of halogens is 2. The first-order valence-electron chi connectivity index (χ1n) is 4.74. The quantitative estimate of drug-likeness (QED) is 0.875. The van der Waals surface area contributed by atoms with Gasteiger partial charge < -0.3 is 5.73 Å². The lowest BCUT2D eigenvalue weighted by atomic mass is 10.2. The van der Waals surface area contributed by atoms with Crippen molar-refractivity contribution in [3.63, 3.8) is 0 Å². The highest BCUT2D eigenvalue weighted by Gasteiger charge is 2.22. The molecule has 0 spiro atoms. The summed E-state index contributed by atoms with van der Waals surface area (Å²) in [6.07, 6.45) is 0. The van der Waals surface area contributed by atoms with Crippen LogP contribution >= 0.6 is 0 Å². The lowest BCUT2D eigenvalue weighted by molar-refractivity contribution is 0.544. The predicted molar refractivity (Wildman–Crippen MR) is 56.6 cm³/mol. The molecule has 3 nitrogen and oxygen atoms in total. The standard InChI is InChI=1S/C10H13F2NO2S/c1-7(5-13)6-16(14,15)10-4-8(11)2-3-9(10)12/h2-4,7H,5-6,13H2,1H3. The maximum atomic E-state index is 13.2. The van der Waals surface area contributed by atoms with Gasteiger partial charge in [-0.15, -0.1) is 0 Å². The summed E-state index contributed by atoms with van der Waals surface area (Å²) >= 11 is 0. The van der Waals surface area contributed by atoms with Gasteiger partial charge in [0.2, 0.25) is 0 Å². The van der Waals surface area contributed by atoms with E-state index in [0.717, 1.165) is 12.1 Å². The Hall–Kier alpha value is -1.01. The van der Waals surface area contributed by atoms with E-state index in [1.165, 1.54) is 0 Å². The molecular weight excluding hydrogens is 236 g/mol. The van der Waals surface area contributed by atoms with E-state index in [0.29, 0.717) is 6.07 Å². The summed E-state index contributed by atoms with van der Waals surface area (Å²) in [4.78, 5) is -0.604. The van der Waals surface area contributed by atoms with E-state index in [4.69, 9.17) is 5.73 Å². The first kappa shape index (κ1) is 13.1. The average molecular weight is 249 g/mol. The minimum absolute atomic E-state index is 0.177. The number of rotatable bonds is 4. The van der Waals surface area contributed by atoms with Gasteiger partial charge >= 0.3 is 0 Å². The molecule has 1 aromatic rings. The summed E-state index contributed by atoms with van der Waals surface area (Å²) in [6.45, 7) is 1.81. The van der Waals surface area contributed by atoms with Crippen LogP contribution in [0.1, 0.15) is 6.92 Å². The van der Waals surface area contributed by atoms with E-state index in [9.17, 15) is 17.2 Å². The summed E-state index contributed by atoms with van der Waals surface area (Å²) in [6, 6.07) is 2.37. The Balaban J connectivity index is 3.12. The van der Waals surface area contributed by atoms with Crippen molar-refractivity contribution in [2.45, 2.75) is 11.8 Å². The van der Waals surface area contributed by atoms with Crippen molar-refractivity contribution in [2.75, 3.05) is 12.3 Å². The van der Waals surface area contributed by atoms with Gasteiger partial charge in [-0.05, 0) is 30.7 Å². The van der Waals surface area contributed by atoms with Crippen molar-refractivity contribution >= 4 is 9.84 Å². The molecular formula is C10H13F2NO2S. The van der Waals surface area contributed by atoms with Crippen LogP contribution in [-0.4, -0.2) is 20.7 Å². The molecule has 0 fully saturated rings. The van der Waals surface area contributed by atoms with Gasteiger partial charge in [0.05, 0.1) is 5.75 Å². The highest BCUT2D eigenvalue weighted by molar-refractivity contribution is 7.91. The molecule has 0 aliphatic carbocycles. The molecule has 1 aromatic carbocycles. The molecule has 1 atom stereocenters. The summed E-state index contributed by atoms with van der Waals surface area (Å²) in [5.41, 5.74) is 5.29. The number of nitrogens with two attached hydrogens (primary N) is 1. The second-order valence-corrected chi connectivity index (χ2v) is 5.70. The molecule has 1 rings (SSSR count). The van der Waals surface area contributed by atoms with Crippen molar-refractivity contribution in [1.29, 1.82) is 0 Å². The van der Waals surface area contributed by atoms with Gasteiger partial charge in [-0.3, -0.25) is 0 Å². The third-order valence-electron chi connectivity index (χ3n) is 2.13. The van der Waals surface area contributed by atoms with Gasteiger partial charge in [0, 0.05) is 0 Å². The van der Waals surface area contributed by atoms with Gasteiger partial charge in [-0.25, -0.2) is 17.2 Å². The summed E-state index contributed by atoms with van der Waals surface area (Å²) in [7, 11) is -3.82. The number of sulfone groups is 1. The zero-order valence-electron chi connectivity index (χ0n) is 8.78. The van der Waals surface area contributed by atoms with E-state index in [2.05, 4.69) is 0 Å². The van der Waals surface area contributed by atoms with E-state index in [-0.39, 0.29) is 18.2 Å². The Labute approximate surface area is 93.2 Å². The molecule has 90 valence electrons. The van der Waals surface area contributed by atoms with Crippen LogP contribution in [0.4, 0.5) is 8.78 Å². The minimum Gasteiger partial charge on any atom is -0.330 e. The lowest BCUT2D eigenvalue weighted by Crippen LogP contribution is -2.21. The second kappa shape index (κ2) is 4.88. The smallest absolute Gasteiger partial charge is 0.181 e. The number of hydrogen-bond donors (Lipinski definition) is 1. The predicted octanol–water partition coefficient (Wildman–Crippen LogP) is 1.33. The van der Waals surface area contributed by atoms with Crippen LogP contribution in [0.3, 0.4) is 0 Å². The van der Waals surface area contributed by atoms with E-state index in [1.807, 2.05) is 0 Å². The third-order valence-corrected chi connectivity index (χ3v) is 4.13. The first-order valence-corrected chi connectivity index (χ1v) is 6.40. The minimum atomic E-state index is -3.82. The molecule has 0 heterocycles. The first-order chi connectivity index (χ1) is 7.36. The zero-order valence-corrected chi connectivity index (χ0v) is 9.60. The van der Waals surface area contributed by atoms with Crippen molar-refractivity contribution in [2.24, 2.45) is 11.7 Å². The normalized spacial score (nSPS) is 13.8. The second-order valence-electron chi connectivity index (χ2n) is 3.70. The van der Waals surface area contributed by atoms with E-state index >= 15 is 0 Å². The molecule has 0 aliphatic heterocycles. The monoisotopic (exact) mass is 249 g/mol. The van der Waals surface area contributed by atoms with Crippen molar-refractivity contribution in [3.8, 4) is 0 Å². The van der Waals surface area contributed by atoms with Crippen LogP contribution in [0.25, 0.3) is 0 Å². The molecule has 16 heavy (non-hydrogen) atoms. The van der Waals surface area contributed by atoms with Crippen LogP contribution in [-0.2, 0) is 9.84 Å². The van der Waals surface area contributed by atoms with Crippen molar-refractivity contribution < 1.29 is 17.2 Å². The summed E-state index contributed by atoms with van der Waals surface area (Å²) < 4.78 is 49.5. The maximum absolute atomic E-state index is 13.2. The van der Waals surface area contributed by atoms with Gasteiger partial charge in [0.15, 0.2) is 9.84 Å². The van der Waals surface area contributed by atoms with Gasteiger partial charge in [-0.1, -0.05) is 6.92 Å². The molecule has 0 saturated carbocycles. The Bertz CT molecular complexity index is 474. The Morgan fingerprint density at radius 3 is 2.56 bits per heavy atom. The van der Waals surface area contributed by atoms with Gasteiger partial charge in [0.25, 0.3) is 0 Å². The zero-order chi connectivity index (χ0) is 12.3. The molecule has 0 aromatic heterocycles. The maximum Gasteiger partial charge on any atom is 0.181 e. The molecule has 0 bridgehead atoms. The lowest BCUT2D eigenvalue weighted by Gasteiger charge is -2.10. The SMILES string of the molecule is CC(CN)CS(=O)(=O)c1cc(F)ccc1F. The van der Waals surface area contributed by atoms with Crippen molar-refractivity contribution in [3.05, 3.63) is 29.8 Å². The molecule has 0 amide bonds. The average Bonchev–Trinajstić information content (AvgIpc) is 2.20.